The van der Waals surface area contributed by atoms with Crippen molar-refractivity contribution in [1.82, 2.24) is 80.1 Å². The van der Waals surface area contributed by atoms with E-state index in [1.54, 1.807) is 28.9 Å². The van der Waals surface area contributed by atoms with Crippen molar-refractivity contribution in [2.75, 3.05) is 47.8 Å². The van der Waals surface area contributed by atoms with Gasteiger partial charge in [-0.3, -0.25) is 29.7 Å². The molecule has 26 heteroatoms. The summed E-state index contributed by atoms with van der Waals surface area (Å²) in [6.45, 7) is 13.7. The van der Waals surface area contributed by atoms with Gasteiger partial charge in [0.25, 0.3) is 0 Å². The smallest absolute Gasteiger partial charge is 0.163 e. The molecule has 6 saturated heterocycles. The van der Waals surface area contributed by atoms with Crippen LogP contribution in [0.4, 0.5) is 35.0 Å². The normalized spacial score (nSPS) is 17.2. The SMILES string of the molecule is CC1=CC(Nc2cc(C)nc(-c3ccc(N4CC5CC(C4)N5)nc3)n2)=NC1.Cc1cc(Cc2cc(C)[nH]n2)nc(-c2ccc(N3CC4CC(C3)N4Cc3ccc(-n4cc(F)cn4)cc3)nc2)n1.Fc1cn[nH]c1.O=Cc1ccc(-n2cc(F)cn2)cc1.O=Cc1ccc(F)cc1. The van der Waals surface area contributed by atoms with Crippen molar-refractivity contribution in [2.45, 2.75) is 77.7 Å². The molecule has 7 aliphatic heterocycles. The molecule has 4 N–H and O–H groups in total. The maximum absolute atomic E-state index is 13.3. The van der Waals surface area contributed by atoms with E-state index in [9.17, 15) is 27.2 Å². The number of carbonyl (C=O) groups is 2. The average molecular weight is 1300 g/mol. The van der Waals surface area contributed by atoms with E-state index in [0.29, 0.717) is 59.7 Å². The number of hydrogen-bond acceptors (Lipinski definition) is 18. The van der Waals surface area contributed by atoms with Gasteiger partial charge in [0, 0.05) is 121 Å². The zero-order valence-corrected chi connectivity index (χ0v) is 53.0. The van der Waals surface area contributed by atoms with E-state index in [2.05, 4.69) is 124 Å². The maximum atomic E-state index is 13.3. The van der Waals surface area contributed by atoms with Gasteiger partial charge in [-0.15, -0.1) is 0 Å². The summed E-state index contributed by atoms with van der Waals surface area (Å²) < 4.78 is 52.6. The van der Waals surface area contributed by atoms with E-state index in [-0.39, 0.29) is 23.3 Å². The van der Waals surface area contributed by atoms with Crippen LogP contribution in [0.15, 0.2) is 181 Å². The van der Waals surface area contributed by atoms with Gasteiger partial charge in [-0.05, 0) is 155 Å². The fraction of sp³-hybridized carbons (Fsp3) is 0.243. The predicted molar refractivity (Wildman–Crippen MR) is 356 cm³/mol. The van der Waals surface area contributed by atoms with E-state index >= 15 is 0 Å². The molecule has 3 aromatic carbocycles. The molecule has 488 valence electrons. The topological polar surface area (TPSA) is 251 Å². The molecule has 0 radical (unpaired) electrons. The van der Waals surface area contributed by atoms with E-state index < -0.39 is 0 Å². The number of piperidine rings is 2. The summed E-state index contributed by atoms with van der Waals surface area (Å²) in [5, 5.41) is 27.6. The van der Waals surface area contributed by atoms with Crippen LogP contribution in [0.3, 0.4) is 0 Å². The van der Waals surface area contributed by atoms with Crippen LogP contribution in [0.2, 0.25) is 0 Å². The maximum Gasteiger partial charge on any atom is 0.163 e. The lowest BCUT2D eigenvalue weighted by atomic mass is 9.86. The molecular formula is C70H68F4N20O2. The minimum absolute atomic E-state index is 0.319. The number of carbonyl (C=O) groups excluding carboxylic acids is 2. The van der Waals surface area contributed by atoms with Gasteiger partial charge in [0.1, 0.15) is 41.7 Å². The first kappa shape index (κ1) is 64.8. The van der Waals surface area contributed by atoms with E-state index in [0.717, 1.165) is 132 Å². The summed E-state index contributed by atoms with van der Waals surface area (Å²) in [6, 6.07) is 36.8. The quantitative estimate of drug-likeness (QED) is 0.0619. The number of halogens is 4. The number of nitrogens with one attached hydrogen (secondary N) is 4. The molecule has 7 aliphatic rings. The van der Waals surface area contributed by atoms with Crippen LogP contribution in [-0.2, 0) is 13.0 Å². The van der Waals surface area contributed by atoms with Crippen molar-refractivity contribution in [3.05, 3.63) is 245 Å². The number of pyridine rings is 2. The minimum atomic E-state index is -0.385. The van der Waals surface area contributed by atoms with Crippen molar-refractivity contribution in [3.8, 4) is 34.2 Å². The van der Waals surface area contributed by atoms with Gasteiger partial charge in [0.15, 0.2) is 29.1 Å². The standard InChI is InChI=1S/C30H30FN9.C20H23N7.C10H7FN2O.C7H5FO.C3H3FN2/c1-19-9-24(11-25-10-20(2)36-37-25)35-30(34-19)22-5-8-29(32-13-22)38-17-27-12-28(18-38)39(27)15-21-3-6-26(7-4-21)40-16-23(31)14-33-40;1-12-5-17(21-8-12)25-18-6-13(2)23-20(26-18)14-3-4-19(22-9-14)27-10-15-7-16(11-27)24-15;11-9-5-12-13(6-9)10-3-1-8(7-14)2-4-10;8-7-3-1-6(5-9)2-4-7;4-3-1-5-6-2-3/h3-10,13-14,16,27-28H,11-12,15,17-18H2,1-2H3,(H,36,37);3-6,9,15-16,24H,7-8,10-11H2,1-2H3,(H,21,23,25,26);1-7H;1-5H;1-2H,(H,5,6). The zero-order chi connectivity index (χ0) is 66.7. The highest BCUT2D eigenvalue weighted by atomic mass is 19.1. The number of fused-ring (bicyclic) bond motifs is 4. The monoisotopic (exact) mass is 1300 g/mol. The molecule has 4 bridgehead atoms. The van der Waals surface area contributed by atoms with E-state index in [1.165, 1.54) is 77.7 Å². The Labute approximate surface area is 550 Å². The Morgan fingerprint density at radius 3 is 1.65 bits per heavy atom. The number of piperazine rings is 2. The number of hydrogen-bond donors (Lipinski definition) is 4. The Hall–Kier alpha value is -11.3. The van der Waals surface area contributed by atoms with E-state index in [4.69, 9.17) is 9.97 Å². The first-order valence-corrected chi connectivity index (χ1v) is 31.2. The molecule has 0 aliphatic carbocycles. The molecule has 18 rings (SSSR count). The third-order valence-electron chi connectivity index (χ3n) is 16.4. The molecule has 15 heterocycles. The lowest BCUT2D eigenvalue weighted by molar-refractivity contribution is -0.00868. The van der Waals surface area contributed by atoms with Crippen LogP contribution in [0.25, 0.3) is 34.2 Å². The number of amidine groups is 1. The van der Waals surface area contributed by atoms with Crippen LogP contribution in [-0.4, -0.2) is 150 Å². The summed E-state index contributed by atoms with van der Waals surface area (Å²) in [5.41, 5.74) is 11.8. The number of anilines is 3. The van der Waals surface area contributed by atoms with Crippen molar-refractivity contribution in [3.63, 3.8) is 0 Å². The third-order valence-corrected chi connectivity index (χ3v) is 16.4. The number of aliphatic imine (C=N–C) groups is 1. The Kier molecular flexibility index (Phi) is 20.1. The largest absolute Gasteiger partial charge is 0.353 e. The lowest BCUT2D eigenvalue weighted by Crippen LogP contribution is -2.68. The number of benzene rings is 3. The third kappa shape index (κ3) is 16.7. The van der Waals surface area contributed by atoms with Crippen LogP contribution < -0.4 is 20.4 Å². The van der Waals surface area contributed by atoms with Gasteiger partial charge in [0.05, 0.1) is 66.5 Å². The van der Waals surface area contributed by atoms with Crippen LogP contribution in [0.1, 0.15) is 74.5 Å². The van der Waals surface area contributed by atoms with Crippen molar-refractivity contribution in [2.24, 2.45) is 4.99 Å². The fourth-order valence-corrected chi connectivity index (χ4v) is 11.7. The molecule has 4 unspecified atom stereocenters. The molecular weight excluding hydrogens is 1230 g/mol. The van der Waals surface area contributed by atoms with Crippen LogP contribution in [0.5, 0.6) is 0 Å². The van der Waals surface area contributed by atoms with Crippen molar-refractivity contribution < 1.29 is 27.2 Å². The van der Waals surface area contributed by atoms with Gasteiger partial charge >= 0.3 is 0 Å². The molecule has 8 aromatic heterocycles. The Morgan fingerprint density at radius 2 is 1.16 bits per heavy atom. The molecule has 0 spiro atoms. The second kappa shape index (κ2) is 29.8. The van der Waals surface area contributed by atoms with Crippen LogP contribution >= 0.6 is 0 Å². The molecule has 0 amide bonds. The van der Waals surface area contributed by atoms with Gasteiger partial charge in [-0.2, -0.15) is 20.4 Å². The zero-order valence-electron chi connectivity index (χ0n) is 53.0. The number of aromatic nitrogens is 14. The van der Waals surface area contributed by atoms with Gasteiger partial charge in [-0.25, -0.2) is 56.8 Å². The van der Waals surface area contributed by atoms with Gasteiger partial charge < -0.3 is 20.4 Å². The fourth-order valence-electron chi connectivity index (χ4n) is 11.7. The number of H-pyrrole nitrogens is 2. The van der Waals surface area contributed by atoms with Crippen molar-refractivity contribution in [1.29, 1.82) is 0 Å². The molecule has 0 saturated carbocycles. The van der Waals surface area contributed by atoms with Crippen molar-refractivity contribution >= 4 is 35.9 Å². The molecule has 4 atom stereocenters. The molecule has 96 heavy (non-hydrogen) atoms. The highest BCUT2D eigenvalue weighted by molar-refractivity contribution is 6.05. The number of nitrogens with zero attached hydrogens (tertiary/aromatic N) is 16. The first-order valence-electron chi connectivity index (χ1n) is 31.2. The first-order chi connectivity index (χ1) is 46.6. The summed E-state index contributed by atoms with van der Waals surface area (Å²) in [4.78, 5) is 60.3. The molecule has 22 nitrogen and oxygen atoms in total. The number of aromatic amines is 2. The number of aldehydes is 2. The number of aryl methyl sites for hydroxylation is 3. The Balaban J connectivity index is 0.000000134. The number of rotatable bonds is 13. The average Bonchev–Trinajstić information content (AvgIpc) is 0.880. The summed E-state index contributed by atoms with van der Waals surface area (Å²) in [5.74, 6) is 3.64. The Morgan fingerprint density at radius 1 is 0.583 bits per heavy atom. The van der Waals surface area contributed by atoms with Crippen LogP contribution in [0, 0.1) is 44.0 Å². The minimum Gasteiger partial charge on any atom is -0.353 e. The Bertz CT molecular complexity index is 4450. The lowest BCUT2D eigenvalue weighted by Gasteiger charge is -2.56. The summed E-state index contributed by atoms with van der Waals surface area (Å²) in [6.07, 6.45) is 17.7. The second-order valence-electron chi connectivity index (χ2n) is 23.9. The summed E-state index contributed by atoms with van der Waals surface area (Å²) in [7, 11) is 0. The second-order valence-corrected chi connectivity index (χ2v) is 23.9. The molecule has 6 fully saturated rings. The van der Waals surface area contributed by atoms with E-state index in [1.807, 2.05) is 69.6 Å². The highest BCUT2D eigenvalue weighted by Crippen LogP contribution is 2.36. The molecule has 11 aromatic rings. The predicted octanol–water partition coefficient (Wildman–Crippen LogP) is 10.4. The highest BCUT2D eigenvalue weighted by Gasteiger charge is 2.44. The van der Waals surface area contributed by atoms with Gasteiger partial charge in [-0.1, -0.05) is 12.1 Å². The van der Waals surface area contributed by atoms with Gasteiger partial charge in [0.2, 0.25) is 0 Å². The summed E-state index contributed by atoms with van der Waals surface area (Å²) >= 11 is 0.